The van der Waals surface area contributed by atoms with Crippen LogP contribution in [0.2, 0.25) is 0 Å². The van der Waals surface area contributed by atoms with E-state index in [-0.39, 0.29) is 11.9 Å². The Morgan fingerprint density at radius 1 is 0.611 bits per heavy atom. The molecule has 0 bridgehead atoms. The number of esters is 2. The highest BCUT2D eigenvalue weighted by atomic mass is 16.5. The summed E-state index contributed by atoms with van der Waals surface area (Å²) in [5, 5.41) is 0. The number of hydrogen-bond acceptors (Lipinski definition) is 4. The maximum atomic E-state index is 12.0. The molecule has 0 aromatic heterocycles. The lowest BCUT2D eigenvalue weighted by Gasteiger charge is -2.09. The largest absolute Gasteiger partial charge is 0.466 e. The summed E-state index contributed by atoms with van der Waals surface area (Å²) in [7, 11) is 0. The molecule has 0 unspecified atom stereocenters. The van der Waals surface area contributed by atoms with Gasteiger partial charge in [0.15, 0.2) is 0 Å². The Labute approximate surface area is 221 Å². The van der Waals surface area contributed by atoms with E-state index in [0.29, 0.717) is 25.2 Å². The molecular weight excluding hydrogens is 448 g/mol. The maximum absolute atomic E-state index is 12.0. The average molecular weight is 503 g/mol. The maximum Gasteiger partial charge on any atom is 0.311 e. The molecule has 206 valence electrons. The third-order valence-electron chi connectivity index (χ3n) is 7.05. The second-order valence-corrected chi connectivity index (χ2v) is 10.4. The second-order valence-electron chi connectivity index (χ2n) is 10.4. The van der Waals surface area contributed by atoms with Gasteiger partial charge in [0.05, 0.1) is 6.61 Å². The van der Waals surface area contributed by atoms with E-state index in [1.165, 1.54) is 70.6 Å². The van der Waals surface area contributed by atoms with E-state index in [1.54, 1.807) is 0 Å². The third kappa shape index (κ3) is 17.6. The Kier molecular flexibility index (Phi) is 20.0. The molecule has 0 aliphatic rings. The van der Waals surface area contributed by atoms with E-state index in [2.05, 4.69) is 6.92 Å². The smallest absolute Gasteiger partial charge is 0.311 e. The number of unbranched alkanes of at least 4 members (excludes halogenated alkanes) is 16. The van der Waals surface area contributed by atoms with Gasteiger partial charge in [0, 0.05) is 12.8 Å². The lowest BCUT2D eigenvalue weighted by Crippen LogP contribution is -2.08. The minimum Gasteiger partial charge on any atom is -0.466 e. The van der Waals surface area contributed by atoms with Crippen LogP contribution in [0.25, 0.3) is 0 Å². The van der Waals surface area contributed by atoms with Crippen molar-refractivity contribution >= 4 is 11.9 Å². The zero-order valence-electron chi connectivity index (χ0n) is 23.7. The summed E-state index contributed by atoms with van der Waals surface area (Å²) < 4.78 is 10.9. The van der Waals surface area contributed by atoms with Crippen LogP contribution >= 0.6 is 0 Å². The van der Waals surface area contributed by atoms with Crippen molar-refractivity contribution in [1.82, 2.24) is 0 Å². The lowest BCUT2D eigenvalue weighted by atomic mass is 10.1. The highest BCUT2D eigenvalue weighted by Crippen LogP contribution is 2.21. The third-order valence-corrected chi connectivity index (χ3v) is 7.05. The zero-order chi connectivity index (χ0) is 26.3. The highest BCUT2D eigenvalue weighted by molar-refractivity contribution is 5.72. The Balaban J connectivity index is 1.83. The molecule has 0 saturated carbocycles. The van der Waals surface area contributed by atoms with Gasteiger partial charge >= 0.3 is 11.9 Å². The lowest BCUT2D eigenvalue weighted by molar-refractivity contribution is -0.144. The first-order chi connectivity index (χ1) is 17.5. The predicted octanol–water partition coefficient (Wildman–Crippen LogP) is 9.57. The van der Waals surface area contributed by atoms with E-state index in [9.17, 15) is 9.59 Å². The van der Waals surface area contributed by atoms with Crippen LogP contribution in [0.15, 0.2) is 18.2 Å². The molecule has 4 heteroatoms. The van der Waals surface area contributed by atoms with E-state index in [4.69, 9.17) is 9.47 Å². The van der Waals surface area contributed by atoms with Crippen molar-refractivity contribution in [3.63, 3.8) is 0 Å². The van der Waals surface area contributed by atoms with Crippen LogP contribution in [0.5, 0.6) is 5.75 Å². The van der Waals surface area contributed by atoms with Crippen LogP contribution in [-0.4, -0.2) is 18.5 Å². The van der Waals surface area contributed by atoms with Gasteiger partial charge in [0.1, 0.15) is 5.75 Å². The minimum atomic E-state index is -0.153. The highest BCUT2D eigenvalue weighted by Gasteiger charge is 2.08. The number of carbonyl (C=O) groups excluding carboxylic acids is 2. The molecule has 0 N–H and O–H groups in total. The quantitative estimate of drug-likeness (QED) is 0.0849. The predicted molar refractivity (Wildman–Crippen MR) is 151 cm³/mol. The molecule has 0 saturated heterocycles. The molecule has 1 rings (SSSR count). The van der Waals surface area contributed by atoms with Gasteiger partial charge in [0.2, 0.25) is 0 Å². The van der Waals surface area contributed by atoms with Crippen molar-refractivity contribution in [2.75, 3.05) is 6.61 Å². The number of benzene rings is 1. The average Bonchev–Trinajstić information content (AvgIpc) is 2.86. The van der Waals surface area contributed by atoms with Crippen LogP contribution in [-0.2, 0) is 14.3 Å². The van der Waals surface area contributed by atoms with Crippen LogP contribution in [0, 0.1) is 13.8 Å². The Morgan fingerprint density at radius 3 is 1.64 bits per heavy atom. The number of hydrogen-bond donors (Lipinski definition) is 0. The van der Waals surface area contributed by atoms with Gasteiger partial charge in [-0.15, -0.1) is 0 Å². The number of rotatable bonds is 23. The fraction of sp³-hybridized carbons (Fsp3) is 0.750. The molecule has 4 nitrogen and oxygen atoms in total. The van der Waals surface area contributed by atoms with E-state index < -0.39 is 0 Å². The van der Waals surface area contributed by atoms with Gasteiger partial charge < -0.3 is 9.47 Å². The van der Waals surface area contributed by atoms with E-state index >= 15 is 0 Å². The van der Waals surface area contributed by atoms with Crippen molar-refractivity contribution in [2.45, 2.75) is 149 Å². The molecule has 0 amide bonds. The molecule has 0 spiro atoms. The Morgan fingerprint density at radius 2 is 1.08 bits per heavy atom. The Bertz CT molecular complexity index is 697. The monoisotopic (exact) mass is 502 g/mol. The Hall–Kier alpha value is -1.84. The molecule has 0 aliphatic carbocycles. The minimum absolute atomic E-state index is 0.0488. The van der Waals surface area contributed by atoms with Crippen LogP contribution in [0.1, 0.15) is 146 Å². The number of ether oxygens (including phenoxy) is 2. The van der Waals surface area contributed by atoms with Gasteiger partial charge in [-0.3, -0.25) is 9.59 Å². The summed E-state index contributed by atoms with van der Waals surface area (Å²) >= 11 is 0. The van der Waals surface area contributed by atoms with Gasteiger partial charge in [-0.25, -0.2) is 0 Å². The SMILES string of the molecule is CCCCCCCCCCCCCCOC(=O)CCCCCCCCC(=O)Oc1cccc(C)c1C. The fourth-order valence-electron chi connectivity index (χ4n) is 4.46. The summed E-state index contributed by atoms with van der Waals surface area (Å²) in [5.41, 5.74) is 2.16. The normalized spacial score (nSPS) is 11.0. The van der Waals surface area contributed by atoms with Gasteiger partial charge in [0.25, 0.3) is 0 Å². The van der Waals surface area contributed by atoms with Crippen LogP contribution in [0.4, 0.5) is 0 Å². The standard InChI is InChI=1S/C32H54O4/c1-4-5-6-7-8-9-10-11-12-15-18-21-27-35-31(33)25-19-16-13-14-17-20-26-32(34)36-30-24-22-23-28(2)29(30)3/h22-24H,4-21,25-27H2,1-3H3. The topological polar surface area (TPSA) is 52.6 Å². The second kappa shape index (κ2) is 22.4. The van der Waals surface area contributed by atoms with Crippen molar-refractivity contribution in [3.8, 4) is 5.75 Å². The molecule has 0 radical (unpaired) electrons. The summed E-state index contributed by atoms with van der Waals surface area (Å²) in [6.45, 7) is 6.84. The summed E-state index contributed by atoms with van der Waals surface area (Å²) in [4.78, 5) is 23.9. The van der Waals surface area contributed by atoms with Gasteiger partial charge in [-0.1, -0.05) is 115 Å². The molecule has 0 aliphatic heterocycles. The number of aryl methyl sites for hydroxylation is 1. The molecule has 36 heavy (non-hydrogen) atoms. The molecule has 0 fully saturated rings. The van der Waals surface area contributed by atoms with Crippen LogP contribution < -0.4 is 4.74 Å². The zero-order valence-corrected chi connectivity index (χ0v) is 23.7. The molecular formula is C32H54O4. The van der Waals surface area contributed by atoms with Crippen molar-refractivity contribution < 1.29 is 19.1 Å². The van der Waals surface area contributed by atoms with E-state index in [0.717, 1.165) is 56.1 Å². The van der Waals surface area contributed by atoms with Gasteiger partial charge in [-0.05, 0) is 50.3 Å². The first-order valence-electron chi connectivity index (χ1n) is 15.0. The van der Waals surface area contributed by atoms with Crippen molar-refractivity contribution in [1.29, 1.82) is 0 Å². The molecule has 1 aromatic rings. The summed E-state index contributed by atoms with van der Waals surface area (Å²) in [5.74, 6) is 0.470. The summed E-state index contributed by atoms with van der Waals surface area (Å²) in [6.07, 6.45) is 22.8. The van der Waals surface area contributed by atoms with Crippen molar-refractivity contribution in [3.05, 3.63) is 29.3 Å². The van der Waals surface area contributed by atoms with Crippen molar-refractivity contribution in [2.24, 2.45) is 0 Å². The summed E-state index contributed by atoms with van der Waals surface area (Å²) in [6, 6.07) is 5.79. The first kappa shape index (κ1) is 32.2. The molecule has 1 aromatic carbocycles. The van der Waals surface area contributed by atoms with Crippen LogP contribution in [0.3, 0.4) is 0 Å². The van der Waals surface area contributed by atoms with E-state index in [1.807, 2.05) is 32.0 Å². The molecule has 0 atom stereocenters. The molecule has 0 heterocycles. The van der Waals surface area contributed by atoms with Gasteiger partial charge in [-0.2, -0.15) is 0 Å². The fourth-order valence-corrected chi connectivity index (χ4v) is 4.46. The number of carbonyl (C=O) groups is 2. The first-order valence-corrected chi connectivity index (χ1v) is 15.0.